The van der Waals surface area contributed by atoms with E-state index >= 15 is 0 Å². The van der Waals surface area contributed by atoms with Crippen molar-refractivity contribution in [3.8, 4) is 0 Å². The fraction of sp³-hybridized carbons (Fsp3) is 1.00. The Bertz CT molecular complexity index is 148. The van der Waals surface area contributed by atoms with Crippen LogP contribution in [0.15, 0.2) is 0 Å². The Morgan fingerprint density at radius 1 is 1.25 bits per heavy atom. The molecule has 0 aromatic carbocycles. The van der Waals surface area contributed by atoms with Crippen LogP contribution in [0.4, 0.5) is 0 Å². The Morgan fingerprint density at radius 3 is 2.08 bits per heavy atom. The van der Waals surface area contributed by atoms with Crippen LogP contribution in [0.3, 0.4) is 0 Å². The van der Waals surface area contributed by atoms with Crippen LogP contribution in [0.1, 0.15) is 13.8 Å². The molecule has 0 aromatic heterocycles. The van der Waals surface area contributed by atoms with E-state index < -0.39 is 18.3 Å². The van der Waals surface area contributed by atoms with E-state index in [0.29, 0.717) is 0 Å². The lowest BCUT2D eigenvalue weighted by atomic mass is 10.00. The van der Waals surface area contributed by atoms with Crippen molar-refractivity contribution in [2.75, 3.05) is 6.61 Å². The normalized spacial score (nSPS) is 42.5. The Labute approximate surface area is 71.8 Å². The lowest BCUT2D eigenvalue weighted by Crippen LogP contribution is -2.35. The van der Waals surface area contributed by atoms with Crippen molar-refractivity contribution in [1.29, 1.82) is 0 Å². The second kappa shape index (κ2) is 3.70. The van der Waals surface area contributed by atoms with E-state index in [-0.39, 0.29) is 18.6 Å². The fourth-order valence-electron chi connectivity index (χ4n) is 1.48. The first-order valence-corrected chi connectivity index (χ1v) is 4.20. The molecule has 0 bridgehead atoms. The zero-order valence-corrected chi connectivity index (χ0v) is 7.34. The van der Waals surface area contributed by atoms with Gasteiger partial charge in [-0.2, -0.15) is 0 Å². The number of aliphatic hydroxyl groups is 3. The van der Waals surface area contributed by atoms with E-state index in [9.17, 15) is 10.2 Å². The van der Waals surface area contributed by atoms with Gasteiger partial charge >= 0.3 is 0 Å². The van der Waals surface area contributed by atoms with Crippen molar-refractivity contribution in [3.05, 3.63) is 0 Å². The highest BCUT2D eigenvalue weighted by Gasteiger charge is 2.43. The summed E-state index contributed by atoms with van der Waals surface area (Å²) in [4.78, 5) is 0. The molecule has 12 heavy (non-hydrogen) atoms. The SMILES string of the molecule is CC(C)[C@@H]1O[C@H](CO)C(O)[C@H]1O. The van der Waals surface area contributed by atoms with E-state index in [2.05, 4.69) is 0 Å². The molecule has 1 fully saturated rings. The van der Waals surface area contributed by atoms with Crippen molar-refractivity contribution in [2.24, 2.45) is 5.92 Å². The van der Waals surface area contributed by atoms with Crippen LogP contribution in [0.2, 0.25) is 0 Å². The Kier molecular flexibility index (Phi) is 3.06. The van der Waals surface area contributed by atoms with Gasteiger partial charge in [0.05, 0.1) is 12.7 Å². The van der Waals surface area contributed by atoms with Crippen LogP contribution >= 0.6 is 0 Å². The lowest BCUT2D eigenvalue weighted by Gasteiger charge is -2.17. The highest BCUT2D eigenvalue weighted by molar-refractivity contribution is 4.91. The van der Waals surface area contributed by atoms with E-state index in [1.165, 1.54) is 0 Å². The van der Waals surface area contributed by atoms with Crippen LogP contribution in [-0.4, -0.2) is 46.3 Å². The van der Waals surface area contributed by atoms with Crippen LogP contribution in [-0.2, 0) is 4.74 Å². The monoisotopic (exact) mass is 176 g/mol. The molecule has 1 aliphatic rings. The maximum Gasteiger partial charge on any atom is 0.111 e. The van der Waals surface area contributed by atoms with Gasteiger partial charge in [-0.25, -0.2) is 0 Å². The molecule has 0 spiro atoms. The predicted octanol–water partition coefficient (Wildman–Crippen LogP) is -0.876. The number of hydrogen-bond acceptors (Lipinski definition) is 4. The van der Waals surface area contributed by atoms with E-state index in [4.69, 9.17) is 9.84 Å². The molecule has 0 aromatic rings. The molecule has 1 heterocycles. The molecule has 0 saturated carbocycles. The van der Waals surface area contributed by atoms with Gasteiger partial charge in [0.1, 0.15) is 18.3 Å². The Balaban J connectivity index is 2.60. The zero-order valence-electron chi connectivity index (χ0n) is 7.34. The maximum atomic E-state index is 9.44. The summed E-state index contributed by atoms with van der Waals surface area (Å²) in [6.07, 6.45) is -2.82. The summed E-state index contributed by atoms with van der Waals surface area (Å²) in [6.45, 7) is 3.56. The van der Waals surface area contributed by atoms with Gasteiger partial charge in [-0.1, -0.05) is 13.8 Å². The summed E-state index contributed by atoms with van der Waals surface area (Å²) in [5, 5.41) is 27.5. The van der Waals surface area contributed by atoms with Gasteiger partial charge in [-0.15, -0.1) is 0 Å². The molecule has 0 radical (unpaired) electrons. The summed E-state index contributed by atoms with van der Waals surface area (Å²) < 4.78 is 5.25. The summed E-state index contributed by atoms with van der Waals surface area (Å²) in [5.74, 6) is 0.145. The molecule has 1 unspecified atom stereocenters. The van der Waals surface area contributed by atoms with Crippen LogP contribution in [0.25, 0.3) is 0 Å². The largest absolute Gasteiger partial charge is 0.394 e. The summed E-state index contributed by atoms with van der Waals surface area (Å²) in [5.41, 5.74) is 0. The molecular formula is C8H16O4. The van der Waals surface area contributed by atoms with Gasteiger partial charge in [0.2, 0.25) is 0 Å². The molecule has 4 nitrogen and oxygen atoms in total. The molecule has 3 N–H and O–H groups in total. The van der Waals surface area contributed by atoms with Gasteiger partial charge in [0.15, 0.2) is 0 Å². The number of rotatable bonds is 2. The highest BCUT2D eigenvalue weighted by atomic mass is 16.6. The average molecular weight is 176 g/mol. The van der Waals surface area contributed by atoms with Gasteiger partial charge in [-0.3, -0.25) is 0 Å². The molecule has 1 aliphatic heterocycles. The van der Waals surface area contributed by atoms with Crippen LogP contribution in [0, 0.1) is 5.92 Å². The minimum absolute atomic E-state index is 0.145. The van der Waals surface area contributed by atoms with Gasteiger partial charge in [0, 0.05) is 0 Å². The van der Waals surface area contributed by atoms with Crippen molar-refractivity contribution >= 4 is 0 Å². The summed E-state index contributed by atoms with van der Waals surface area (Å²) >= 11 is 0. The van der Waals surface area contributed by atoms with E-state index in [0.717, 1.165) is 0 Å². The van der Waals surface area contributed by atoms with Gasteiger partial charge < -0.3 is 20.1 Å². The van der Waals surface area contributed by atoms with Crippen molar-refractivity contribution in [3.63, 3.8) is 0 Å². The third-order valence-corrected chi connectivity index (χ3v) is 2.24. The zero-order chi connectivity index (χ0) is 9.30. The summed E-state index contributed by atoms with van der Waals surface area (Å²) in [7, 11) is 0. The smallest absolute Gasteiger partial charge is 0.111 e. The molecule has 1 rings (SSSR count). The van der Waals surface area contributed by atoms with Crippen LogP contribution < -0.4 is 0 Å². The number of aliphatic hydroxyl groups excluding tert-OH is 3. The maximum absolute atomic E-state index is 9.44. The minimum Gasteiger partial charge on any atom is -0.394 e. The van der Waals surface area contributed by atoms with Crippen molar-refractivity contribution < 1.29 is 20.1 Å². The molecule has 4 heteroatoms. The van der Waals surface area contributed by atoms with E-state index in [1.807, 2.05) is 13.8 Å². The Hall–Kier alpha value is -0.160. The topological polar surface area (TPSA) is 69.9 Å². The molecule has 4 atom stereocenters. The number of hydrogen-bond donors (Lipinski definition) is 3. The fourth-order valence-corrected chi connectivity index (χ4v) is 1.48. The molecule has 0 amide bonds. The highest BCUT2D eigenvalue weighted by Crippen LogP contribution is 2.25. The molecule has 1 saturated heterocycles. The second-order valence-electron chi connectivity index (χ2n) is 3.55. The Morgan fingerprint density at radius 2 is 1.83 bits per heavy atom. The lowest BCUT2D eigenvalue weighted by molar-refractivity contribution is -0.0369. The average Bonchev–Trinajstić information content (AvgIpc) is 2.30. The van der Waals surface area contributed by atoms with Gasteiger partial charge in [-0.05, 0) is 5.92 Å². The first-order valence-electron chi connectivity index (χ1n) is 4.20. The molecule has 72 valence electrons. The van der Waals surface area contributed by atoms with Crippen molar-refractivity contribution in [2.45, 2.75) is 38.3 Å². The van der Waals surface area contributed by atoms with E-state index in [1.54, 1.807) is 0 Å². The van der Waals surface area contributed by atoms with Gasteiger partial charge in [0.25, 0.3) is 0 Å². The van der Waals surface area contributed by atoms with Crippen LogP contribution in [0.5, 0.6) is 0 Å². The predicted molar refractivity (Wildman–Crippen MR) is 42.6 cm³/mol. The second-order valence-corrected chi connectivity index (χ2v) is 3.55. The summed E-state index contributed by atoms with van der Waals surface area (Å²) in [6, 6.07) is 0. The third kappa shape index (κ3) is 1.61. The molecular weight excluding hydrogens is 160 g/mol. The molecule has 0 aliphatic carbocycles. The quantitative estimate of drug-likeness (QED) is 0.511. The standard InChI is InChI=1S/C8H16O4/c1-4(2)8-7(11)6(10)5(3-9)12-8/h4-11H,3H2,1-2H3/t5-,6?,7-,8+/m1/s1. The van der Waals surface area contributed by atoms with Crippen molar-refractivity contribution in [1.82, 2.24) is 0 Å². The minimum atomic E-state index is -0.956. The third-order valence-electron chi connectivity index (χ3n) is 2.24. The number of ether oxygens (including phenoxy) is 1. The first-order chi connectivity index (χ1) is 5.57. The first kappa shape index (κ1) is 9.92.